The summed E-state index contributed by atoms with van der Waals surface area (Å²) in [7, 11) is 4.56. The van der Waals surface area contributed by atoms with Crippen LogP contribution in [0.5, 0.6) is 17.2 Å². The van der Waals surface area contributed by atoms with E-state index >= 15 is 0 Å². The van der Waals surface area contributed by atoms with Crippen molar-refractivity contribution < 1.29 is 19.0 Å². The van der Waals surface area contributed by atoms with Gasteiger partial charge in [-0.25, -0.2) is 0 Å². The highest BCUT2D eigenvalue weighted by molar-refractivity contribution is 7.07. The Morgan fingerprint density at radius 2 is 1.66 bits per heavy atom. The van der Waals surface area contributed by atoms with Crippen LogP contribution < -0.4 is 29.0 Å². The molecule has 0 bridgehead atoms. The van der Waals surface area contributed by atoms with Gasteiger partial charge in [-0.2, -0.15) is 5.26 Å². The molecule has 0 spiro atoms. The second-order valence-electron chi connectivity index (χ2n) is 7.84. The van der Waals surface area contributed by atoms with Gasteiger partial charge < -0.3 is 19.1 Å². The van der Waals surface area contributed by atoms with E-state index in [1.807, 2.05) is 6.07 Å². The minimum atomic E-state index is -0.352. The number of methoxy groups -OCH3 is 3. The van der Waals surface area contributed by atoms with Crippen molar-refractivity contribution >= 4 is 28.9 Å². The number of nitrogens with zero attached hydrogens (tertiary/aromatic N) is 3. The third kappa shape index (κ3) is 4.66. The first-order chi connectivity index (χ1) is 17.0. The molecule has 1 amide bonds. The zero-order valence-corrected chi connectivity index (χ0v) is 20.6. The molecule has 0 aliphatic carbocycles. The molecule has 1 aliphatic rings. The molecule has 1 fully saturated rings. The van der Waals surface area contributed by atoms with Gasteiger partial charge in [0.2, 0.25) is 5.75 Å². The van der Waals surface area contributed by atoms with Gasteiger partial charge in [-0.1, -0.05) is 18.2 Å². The van der Waals surface area contributed by atoms with Crippen molar-refractivity contribution in [1.29, 1.82) is 5.26 Å². The van der Waals surface area contributed by atoms with Gasteiger partial charge in [0.1, 0.15) is 10.7 Å². The van der Waals surface area contributed by atoms with Crippen molar-refractivity contribution in [1.82, 2.24) is 9.47 Å². The Bertz CT molecular complexity index is 1440. The van der Waals surface area contributed by atoms with Crippen LogP contribution in [0.4, 0.5) is 0 Å². The van der Waals surface area contributed by atoms with Crippen molar-refractivity contribution in [3.8, 4) is 29.0 Å². The lowest BCUT2D eigenvalue weighted by Gasteiger charge is -2.14. The molecule has 0 radical (unpaired) electrons. The molecule has 2 aromatic carbocycles. The number of likely N-dealkylation sites (tertiary alicyclic amines) is 1. The average molecular weight is 492 g/mol. The van der Waals surface area contributed by atoms with E-state index in [2.05, 4.69) is 6.07 Å². The summed E-state index contributed by atoms with van der Waals surface area (Å²) in [4.78, 5) is 28.4. The van der Waals surface area contributed by atoms with Crippen LogP contribution in [0.25, 0.3) is 17.3 Å². The molecule has 4 rings (SSSR count). The highest BCUT2D eigenvalue weighted by atomic mass is 32.1. The molecule has 0 atom stereocenters. The van der Waals surface area contributed by atoms with Crippen LogP contribution in [-0.2, 0) is 4.79 Å². The first-order valence-electron chi connectivity index (χ1n) is 11.0. The molecule has 8 nitrogen and oxygen atoms in total. The molecule has 0 unspecified atom stereocenters. The van der Waals surface area contributed by atoms with Crippen molar-refractivity contribution in [3.63, 3.8) is 0 Å². The molecule has 180 valence electrons. The number of hydrogen-bond acceptors (Lipinski definition) is 7. The Morgan fingerprint density at radius 1 is 1.03 bits per heavy atom. The van der Waals surface area contributed by atoms with E-state index in [4.69, 9.17) is 14.2 Å². The first kappa shape index (κ1) is 24.1. The van der Waals surface area contributed by atoms with Crippen LogP contribution in [-0.4, -0.2) is 49.8 Å². The van der Waals surface area contributed by atoms with Crippen molar-refractivity contribution in [3.05, 3.63) is 67.6 Å². The number of nitriles is 1. The lowest BCUT2D eigenvalue weighted by molar-refractivity contribution is -0.123. The molecule has 3 aromatic rings. The molecule has 0 N–H and O–H groups in total. The van der Waals surface area contributed by atoms with E-state index in [9.17, 15) is 14.9 Å². The number of carbonyl (C=O) groups excluding carboxylic acids is 1. The second kappa shape index (κ2) is 10.5. The summed E-state index contributed by atoms with van der Waals surface area (Å²) in [6.07, 6.45) is 3.50. The zero-order valence-electron chi connectivity index (χ0n) is 19.7. The maximum absolute atomic E-state index is 13.6. The van der Waals surface area contributed by atoms with Gasteiger partial charge in [-0.05, 0) is 48.7 Å². The Balaban J connectivity index is 2.00. The summed E-state index contributed by atoms with van der Waals surface area (Å²) >= 11 is 1.11. The topological polar surface area (TPSA) is 93.8 Å². The van der Waals surface area contributed by atoms with Gasteiger partial charge in [0.05, 0.1) is 31.5 Å². The van der Waals surface area contributed by atoms with Crippen molar-refractivity contribution in [2.45, 2.75) is 12.8 Å². The fourth-order valence-electron chi connectivity index (χ4n) is 4.06. The predicted octanol–water partition coefficient (Wildman–Crippen LogP) is 2.05. The van der Waals surface area contributed by atoms with Crippen LogP contribution in [0.3, 0.4) is 0 Å². The summed E-state index contributed by atoms with van der Waals surface area (Å²) < 4.78 is 18.3. The number of thiazole rings is 1. The SMILES string of the molecule is COc1cc(C=c2sc(=C(C#N)C(=O)N3CCCC3)n(-c3ccccc3)c2=O)cc(OC)c1OC. The van der Waals surface area contributed by atoms with E-state index in [1.165, 1.54) is 25.9 Å². The van der Waals surface area contributed by atoms with Gasteiger partial charge in [0.15, 0.2) is 17.1 Å². The highest BCUT2D eigenvalue weighted by Gasteiger charge is 2.24. The molecule has 0 saturated carbocycles. The lowest BCUT2D eigenvalue weighted by Crippen LogP contribution is -2.35. The van der Waals surface area contributed by atoms with Crippen LogP contribution in [0, 0.1) is 11.3 Å². The van der Waals surface area contributed by atoms with Gasteiger partial charge in [-0.3, -0.25) is 14.2 Å². The summed E-state index contributed by atoms with van der Waals surface area (Å²) in [6.45, 7) is 1.21. The summed E-state index contributed by atoms with van der Waals surface area (Å²) in [5, 5.41) is 9.97. The van der Waals surface area contributed by atoms with Gasteiger partial charge >= 0.3 is 0 Å². The third-order valence-electron chi connectivity index (χ3n) is 5.76. The third-order valence-corrected chi connectivity index (χ3v) is 6.85. The van der Waals surface area contributed by atoms with Gasteiger partial charge in [0, 0.05) is 13.1 Å². The largest absolute Gasteiger partial charge is 0.493 e. The predicted molar refractivity (Wildman–Crippen MR) is 134 cm³/mol. The summed E-state index contributed by atoms with van der Waals surface area (Å²) in [5.74, 6) is 0.991. The Morgan fingerprint density at radius 3 is 2.20 bits per heavy atom. The molecule has 1 saturated heterocycles. The van der Waals surface area contributed by atoms with E-state index in [0.717, 1.165) is 24.2 Å². The number of benzene rings is 2. The quantitative estimate of drug-likeness (QED) is 0.524. The molecule has 1 aromatic heterocycles. The molecule has 2 heterocycles. The maximum atomic E-state index is 13.6. The summed E-state index contributed by atoms with van der Waals surface area (Å²) in [6, 6.07) is 14.5. The number of amides is 1. The van der Waals surface area contributed by atoms with Crippen molar-refractivity contribution in [2.75, 3.05) is 34.4 Å². The molecule has 1 aliphatic heterocycles. The van der Waals surface area contributed by atoms with Crippen LogP contribution in [0.1, 0.15) is 18.4 Å². The van der Waals surface area contributed by atoms with E-state index < -0.39 is 0 Å². The lowest BCUT2D eigenvalue weighted by atomic mass is 10.1. The first-order valence-corrected chi connectivity index (χ1v) is 11.9. The fraction of sp³-hybridized carbons (Fsp3) is 0.269. The van der Waals surface area contributed by atoms with Gasteiger partial charge in [-0.15, -0.1) is 11.3 Å². The fourth-order valence-corrected chi connectivity index (χ4v) is 5.16. The number of para-hydroxylation sites is 1. The zero-order chi connectivity index (χ0) is 24.9. The van der Waals surface area contributed by atoms with Gasteiger partial charge in [0.25, 0.3) is 11.5 Å². The van der Waals surface area contributed by atoms with E-state index in [-0.39, 0.29) is 17.0 Å². The molecular weight excluding hydrogens is 466 g/mol. The smallest absolute Gasteiger partial charge is 0.273 e. The minimum absolute atomic E-state index is 0.0394. The van der Waals surface area contributed by atoms with E-state index in [1.54, 1.807) is 47.4 Å². The molecule has 35 heavy (non-hydrogen) atoms. The number of ether oxygens (including phenoxy) is 3. The monoisotopic (exact) mass is 491 g/mol. The molecular formula is C26H25N3O5S. The maximum Gasteiger partial charge on any atom is 0.273 e. The average Bonchev–Trinajstić information content (AvgIpc) is 3.53. The minimum Gasteiger partial charge on any atom is -0.493 e. The Labute approximate surface area is 206 Å². The Kier molecular flexibility index (Phi) is 7.22. The van der Waals surface area contributed by atoms with Crippen molar-refractivity contribution in [2.24, 2.45) is 0 Å². The van der Waals surface area contributed by atoms with Crippen LogP contribution >= 0.6 is 11.3 Å². The summed E-state index contributed by atoms with van der Waals surface area (Å²) in [5.41, 5.74) is 0.860. The van der Waals surface area contributed by atoms with Crippen LogP contribution in [0.15, 0.2) is 47.3 Å². The number of hydrogen-bond donors (Lipinski definition) is 0. The number of rotatable bonds is 6. The van der Waals surface area contributed by atoms with E-state index in [0.29, 0.717) is 50.8 Å². The number of carbonyl (C=O) groups is 1. The molecule has 9 heteroatoms. The second-order valence-corrected chi connectivity index (χ2v) is 8.87. The van der Waals surface area contributed by atoms with Crippen LogP contribution in [0.2, 0.25) is 0 Å². The standard InChI is InChI=1S/C26H25N3O5S/c1-32-20-13-17(14-21(33-2)23(20)34-3)15-22-25(31)29(18-9-5-4-6-10-18)26(35-22)19(16-27)24(30)28-11-7-8-12-28/h4-6,9-10,13-15H,7-8,11-12H2,1-3H3. The number of aromatic nitrogens is 1. The normalized spacial score (nSPS) is 14.5. The highest BCUT2D eigenvalue weighted by Crippen LogP contribution is 2.38. The Hall–Kier alpha value is -4.03.